The fraction of sp³-hybridized carbons (Fsp3) is 0.600. The highest BCUT2D eigenvalue weighted by molar-refractivity contribution is 6.30. The molecule has 84 valence electrons. The highest BCUT2D eigenvalue weighted by Gasteiger charge is 2.20. The molecule has 0 aliphatic rings. The van der Waals surface area contributed by atoms with Crippen LogP contribution >= 0.6 is 11.6 Å². The van der Waals surface area contributed by atoms with Crippen LogP contribution in [0.3, 0.4) is 0 Å². The highest BCUT2D eigenvalue weighted by atomic mass is 35.5. The molecule has 1 aromatic heterocycles. The first kappa shape index (κ1) is 12.2. The molecule has 0 saturated carbocycles. The number of hydrogen-bond donors (Lipinski definition) is 1. The van der Waals surface area contributed by atoms with Crippen molar-refractivity contribution in [3.05, 3.63) is 17.4 Å². The van der Waals surface area contributed by atoms with E-state index >= 15 is 0 Å². The Morgan fingerprint density at radius 1 is 1.33 bits per heavy atom. The lowest BCUT2D eigenvalue weighted by Crippen LogP contribution is -2.44. The molecule has 1 N–H and O–H groups in total. The predicted octanol–water partition coefficient (Wildman–Crippen LogP) is 1.88. The molecule has 0 spiro atoms. The second kappa shape index (κ2) is 4.77. The molecular formula is C10H17ClN4. The number of aromatic nitrogens is 2. The van der Waals surface area contributed by atoms with E-state index in [2.05, 4.69) is 34.0 Å². The minimum absolute atomic E-state index is 0.0585. The van der Waals surface area contributed by atoms with Gasteiger partial charge in [-0.3, -0.25) is 0 Å². The smallest absolute Gasteiger partial charge is 0.222 e. The minimum Gasteiger partial charge on any atom is -0.352 e. The number of likely N-dealkylation sites (N-methyl/N-ethyl adjacent to an activating group) is 1. The van der Waals surface area contributed by atoms with Crippen molar-refractivity contribution < 1.29 is 0 Å². The second-order valence-corrected chi connectivity index (χ2v) is 4.72. The first-order chi connectivity index (χ1) is 6.92. The maximum Gasteiger partial charge on any atom is 0.222 e. The second-order valence-electron chi connectivity index (χ2n) is 4.29. The standard InChI is InChI=1S/C10H17ClN4/c1-10(2,15(3)4)7-14-9-12-5-8(11)6-13-9/h5-6H,7H2,1-4H3,(H,12,13,14). The van der Waals surface area contributed by atoms with Crippen LogP contribution < -0.4 is 5.32 Å². The number of nitrogens with one attached hydrogen (secondary N) is 1. The number of hydrogen-bond acceptors (Lipinski definition) is 4. The maximum absolute atomic E-state index is 5.69. The van der Waals surface area contributed by atoms with Gasteiger partial charge in [-0.05, 0) is 27.9 Å². The van der Waals surface area contributed by atoms with Gasteiger partial charge in [0.25, 0.3) is 0 Å². The molecule has 0 radical (unpaired) electrons. The van der Waals surface area contributed by atoms with Crippen LogP contribution in [-0.2, 0) is 0 Å². The zero-order valence-electron chi connectivity index (χ0n) is 9.58. The number of rotatable bonds is 4. The van der Waals surface area contributed by atoms with Crippen LogP contribution in [0, 0.1) is 0 Å². The third kappa shape index (κ3) is 3.64. The van der Waals surface area contributed by atoms with Crippen LogP contribution in [0.25, 0.3) is 0 Å². The molecule has 0 unspecified atom stereocenters. The molecule has 15 heavy (non-hydrogen) atoms. The zero-order chi connectivity index (χ0) is 11.5. The van der Waals surface area contributed by atoms with E-state index in [0.29, 0.717) is 11.0 Å². The van der Waals surface area contributed by atoms with Crippen LogP contribution in [0.4, 0.5) is 5.95 Å². The summed E-state index contributed by atoms with van der Waals surface area (Å²) >= 11 is 5.69. The van der Waals surface area contributed by atoms with E-state index in [1.807, 2.05) is 14.1 Å². The Kier molecular flexibility index (Phi) is 3.88. The lowest BCUT2D eigenvalue weighted by atomic mass is 10.1. The summed E-state index contributed by atoms with van der Waals surface area (Å²) in [7, 11) is 4.09. The fourth-order valence-corrected chi connectivity index (χ4v) is 0.955. The van der Waals surface area contributed by atoms with Crippen molar-refractivity contribution in [2.45, 2.75) is 19.4 Å². The summed E-state index contributed by atoms with van der Waals surface area (Å²) < 4.78 is 0. The van der Waals surface area contributed by atoms with Crippen LogP contribution in [0.2, 0.25) is 5.02 Å². The summed E-state index contributed by atoms with van der Waals surface area (Å²) in [6, 6.07) is 0. The van der Waals surface area contributed by atoms with Gasteiger partial charge in [-0.15, -0.1) is 0 Å². The molecule has 1 aromatic rings. The van der Waals surface area contributed by atoms with E-state index in [-0.39, 0.29) is 5.54 Å². The fourth-order valence-electron chi connectivity index (χ4n) is 0.857. The Morgan fingerprint density at radius 3 is 2.33 bits per heavy atom. The van der Waals surface area contributed by atoms with Crippen molar-refractivity contribution in [1.29, 1.82) is 0 Å². The van der Waals surface area contributed by atoms with Crippen LogP contribution in [0.5, 0.6) is 0 Å². The Hall–Kier alpha value is -0.870. The van der Waals surface area contributed by atoms with Crippen molar-refractivity contribution in [1.82, 2.24) is 14.9 Å². The van der Waals surface area contributed by atoms with Crippen molar-refractivity contribution in [2.75, 3.05) is 26.0 Å². The summed E-state index contributed by atoms with van der Waals surface area (Å²) in [6.45, 7) is 5.08. The molecule has 0 fully saturated rings. The van der Waals surface area contributed by atoms with Gasteiger partial charge in [0.2, 0.25) is 5.95 Å². The molecule has 5 heteroatoms. The van der Waals surface area contributed by atoms with E-state index in [9.17, 15) is 0 Å². The Morgan fingerprint density at radius 2 is 1.87 bits per heavy atom. The van der Waals surface area contributed by atoms with Gasteiger partial charge in [0.15, 0.2) is 0 Å². The monoisotopic (exact) mass is 228 g/mol. The Labute approximate surface area is 95.7 Å². The van der Waals surface area contributed by atoms with Gasteiger partial charge in [-0.1, -0.05) is 11.6 Å². The largest absolute Gasteiger partial charge is 0.352 e. The van der Waals surface area contributed by atoms with E-state index in [1.165, 1.54) is 0 Å². The molecule has 1 rings (SSSR count). The van der Waals surface area contributed by atoms with Crippen LogP contribution in [0.1, 0.15) is 13.8 Å². The van der Waals surface area contributed by atoms with Gasteiger partial charge in [-0.2, -0.15) is 0 Å². The third-order valence-electron chi connectivity index (χ3n) is 2.51. The summed E-state index contributed by atoms with van der Waals surface area (Å²) in [4.78, 5) is 10.3. The highest BCUT2D eigenvalue weighted by Crippen LogP contribution is 2.11. The quantitative estimate of drug-likeness (QED) is 0.855. The van der Waals surface area contributed by atoms with Crippen molar-refractivity contribution in [2.24, 2.45) is 0 Å². The van der Waals surface area contributed by atoms with Gasteiger partial charge in [0, 0.05) is 12.1 Å². The first-order valence-electron chi connectivity index (χ1n) is 4.81. The number of nitrogens with zero attached hydrogens (tertiary/aromatic N) is 3. The third-order valence-corrected chi connectivity index (χ3v) is 2.71. The molecular weight excluding hydrogens is 212 g/mol. The lowest BCUT2D eigenvalue weighted by Gasteiger charge is -2.32. The van der Waals surface area contributed by atoms with Gasteiger partial charge in [0.05, 0.1) is 17.4 Å². The SMILES string of the molecule is CN(C)C(C)(C)CNc1ncc(Cl)cn1. The molecule has 0 bridgehead atoms. The lowest BCUT2D eigenvalue weighted by molar-refractivity contribution is 0.209. The number of anilines is 1. The van der Waals surface area contributed by atoms with E-state index < -0.39 is 0 Å². The zero-order valence-corrected chi connectivity index (χ0v) is 10.3. The predicted molar refractivity (Wildman–Crippen MR) is 63.3 cm³/mol. The van der Waals surface area contributed by atoms with Crippen LogP contribution in [0.15, 0.2) is 12.4 Å². The summed E-state index contributed by atoms with van der Waals surface area (Å²) in [5.74, 6) is 0.606. The molecule has 0 amide bonds. The molecule has 4 nitrogen and oxygen atoms in total. The van der Waals surface area contributed by atoms with Gasteiger partial charge < -0.3 is 10.2 Å². The van der Waals surface area contributed by atoms with Crippen molar-refractivity contribution in [3.63, 3.8) is 0 Å². The maximum atomic E-state index is 5.69. The van der Waals surface area contributed by atoms with E-state index in [0.717, 1.165) is 6.54 Å². The summed E-state index contributed by atoms with van der Waals surface area (Å²) in [5, 5.41) is 3.72. The average Bonchev–Trinajstić information content (AvgIpc) is 2.17. The number of halogens is 1. The Balaban J connectivity index is 2.54. The first-order valence-corrected chi connectivity index (χ1v) is 5.18. The molecule has 0 aromatic carbocycles. The van der Waals surface area contributed by atoms with Gasteiger partial charge in [0.1, 0.15) is 0 Å². The summed E-state index contributed by atoms with van der Waals surface area (Å²) in [6.07, 6.45) is 3.17. The molecule has 0 saturated heterocycles. The molecule has 0 atom stereocenters. The van der Waals surface area contributed by atoms with E-state index in [1.54, 1.807) is 12.4 Å². The van der Waals surface area contributed by atoms with Crippen molar-refractivity contribution in [3.8, 4) is 0 Å². The van der Waals surface area contributed by atoms with E-state index in [4.69, 9.17) is 11.6 Å². The molecule has 1 heterocycles. The van der Waals surface area contributed by atoms with Crippen LogP contribution in [-0.4, -0.2) is 41.0 Å². The van der Waals surface area contributed by atoms with Gasteiger partial charge in [-0.25, -0.2) is 9.97 Å². The topological polar surface area (TPSA) is 41.0 Å². The molecule has 0 aliphatic carbocycles. The van der Waals surface area contributed by atoms with Crippen molar-refractivity contribution >= 4 is 17.5 Å². The average molecular weight is 229 g/mol. The Bertz CT molecular complexity index is 308. The molecule has 0 aliphatic heterocycles. The minimum atomic E-state index is 0.0585. The summed E-state index contributed by atoms with van der Waals surface area (Å²) in [5.41, 5.74) is 0.0585. The van der Waals surface area contributed by atoms with Gasteiger partial charge >= 0.3 is 0 Å². The normalized spacial score (nSPS) is 11.9.